The minimum Gasteiger partial charge on any atom is -0.496 e. The van der Waals surface area contributed by atoms with Gasteiger partial charge in [0.15, 0.2) is 11.5 Å². The van der Waals surface area contributed by atoms with Crippen LogP contribution < -0.4 is 19.1 Å². The smallest absolute Gasteiger partial charge is 0.163 e. The Kier molecular flexibility index (Phi) is 14.8. The van der Waals surface area contributed by atoms with Gasteiger partial charge in [0.2, 0.25) is 0 Å². The van der Waals surface area contributed by atoms with Crippen LogP contribution in [0.1, 0.15) is 109 Å². The van der Waals surface area contributed by atoms with Gasteiger partial charge in [-0.25, -0.2) is 0 Å². The van der Waals surface area contributed by atoms with E-state index in [0.29, 0.717) is 6.61 Å². The monoisotopic (exact) mass is 564 g/mol. The number of nitrogens with zero attached hydrogens (tertiary/aromatic N) is 2. The number of anilines is 1. The highest BCUT2D eigenvalue weighted by molar-refractivity contribution is 5.60. The second-order valence-corrected chi connectivity index (χ2v) is 11.3. The summed E-state index contributed by atoms with van der Waals surface area (Å²) in [6.07, 6.45) is 18.2. The Labute approximate surface area is 250 Å². The van der Waals surface area contributed by atoms with Crippen molar-refractivity contribution in [3.8, 4) is 17.2 Å². The van der Waals surface area contributed by atoms with Gasteiger partial charge in [-0.1, -0.05) is 84.3 Å². The number of hydrogen-bond donors (Lipinski definition) is 0. The van der Waals surface area contributed by atoms with Crippen LogP contribution in [0.3, 0.4) is 0 Å². The molecule has 0 bridgehead atoms. The van der Waals surface area contributed by atoms with Gasteiger partial charge in [0.1, 0.15) is 11.6 Å². The highest BCUT2D eigenvalue weighted by Gasteiger charge is 2.25. The van der Waals surface area contributed by atoms with Gasteiger partial charge in [-0.15, -0.1) is 0 Å². The molecule has 1 fully saturated rings. The number of methoxy groups -OCH3 is 2. The Bertz CT molecular complexity index is 1050. The average Bonchev–Trinajstić information content (AvgIpc) is 3.00. The van der Waals surface area contributed by atoms with Crippen molar-refractivity contribution in [3.63, 3.8) is 0 Å². The summed E-state index contributed by atoms with van der Waals surface area (Å²) in [5.74, 6) is 3.93. The predicted octanol–water partition coefficient (Wildman–Crippen LogP) is 9.53. The first-order valence-corrected chi connectivity index (χ1v) is 16.3. The summed E-state index contributed by atoms with van der Waals surface area (Å²) in [5, 5.41) is 0. The van der Waals surface area contributed by atoms with Gasteiger partial charge in [0.25, 0.3) is 0 Å². The van der Waals surface area contributed by atoms with Crippen molar-refractivity contribution in [2.75, 3.05) is 38.8 Å². The van der Waals surface area contributed by atoms with E-state index in [-0.39, 0.29) is 0 Å². The van der Waals surface area contributed by atoms with E-state index in [1.54, 1.807) is 14.2 Å². The molecule has 228 valence electrons. The molecule has 2 aromatic rings. The molecule has 1 aliphatic rings. The standard InChI is InChI=1S/C36H56N2O3/c1-6-9-11-12-13-14-15-19-36-37(29-31-21-20-30(18-8-3)27-34(31)40-5)24-17-25-38(36)32-22-23-33(39-4)35(28-32)41-26-16-10-7-2/h19-23,27-28H,6-18,24-26,29H2,1-5H3. The number of aryl methyl sites for hydroxylation is 1. The molecule has 1 saturated heterocycles. The second-order valence-electron chi connectivity index (χ2n) is 11.3. The summed E-state index contributed by atoms with van der Waals surface area (Å²) in [5.41, 5.74) is 3.76. The van der Waals surface area contributed by atoms with Crippen LogP contribution in [0.5, 0.6) is 17.2 Å². The molecule has 0 spiro atoms. The maximum Gasteiger partial charge on any atom is 0.163 e. The Morgan fingerprint density at radius 3 is 2.24 bits per heavy atom. The van der Waals surface area contributed by atoms with E-state index in [1.165, 1.54) is 74.0 Å². The largest absolute Gasteiger partial charge is 0.496 e. The topological polar surface area (TPSA) is 34.2 Å². The summed E-state index contributed by atoms with van der Waals surface area (Å²) in [6.45, 7) is 10.3. The first-order valence-electron chi connectivity index (χ1n) is 16.3. The van der Waals surface area contributed by atoms with E-state index in [1.807, 2.05) is 0 Å². The number of unbranched alkanes of at least 4 members (excludes halogenated alkanes) is 8. The van der Waals surface area contributed by atoms with Gasteiger partial charge >= 0.3 is 0 Å². The molecular weight excluding hydrogens is 508 g/mol. The number of allylic oxidation sites excluding steroid dienone is 1. The van der Waals surface area contributed by atoms with Crippen molar-refractivity contribution in [3.05, 3.63) is 59.4 Å². The zero-order valence-electron chi connectivity index (χ0n) is 26.7. The summed E-state index contributed by atoms with van der Waals surface area (Å²) in [7, 11) is 3.52. The second kappa shape index (κ2) is 18.6. The van der Waals surface area contributed by atoms with E-state index in [9.17, 15) is 0 Å². The molecule has 5 nitrogen and oxygen atoms in total. The van der Waals surface area contributed by atoms with Crippen molar-refractivity contribution in [2.45, 2.75) is 111 Å². The van der Waals surface area contributed by atoms with Crippen molar-refractivity contribution >= 4 is 5.69 Å². The lowest BCUT2D eigenvalue weighted by atomic mass is 10.0. The third-order valence-corrected chi connectivity index (χ3v) is 8.01. The van der Waals surface area contributed by atoms with Crippen LogP contribution in [-0.2, 0) is 13.0 Å². The highest BCUT2D eigenvalue weighted by atomic mass is 16.5. The maximum absolute atomic E-state index is 6.22. The van der Waals surface area contributed by atoms with Gasteiger partial charge < -0.3 is 24.0 Å². The first kappa shape index (κ1) is 32.7. The fraction of sp³-hybridized carbons (Fsp3) is 0.611. The molecule has 0 amide bonds. The van der Waals surface area contributed by atoms with E-state index < -0.39 is 0 Å². The number of rotatable bonds is 19. The third kappa shape index (κ3) is 10.2. The highest BCUT2D eigenvalue weighted by Crippen LogP contribution is 2.36. The van der Waals surface area contributed by atoms with E-state index in [4.69, 9.17) is 14.2 Å². The Morgan fingerprint density at radius 2 is 1.49 bits per heavy atom. The molecule has 0 radical (unpaired) electrons. The summed E-state index contributed by atoms with van der Waals surface area (Å²) < 4.78 is 17.8. The Balaban J connectivity index is 1.85. The molecule has 0 N–H and O–H groups in total. The number of ether oxygens (including phenoxy) is 3. The van der Waals surface area contributed by atoms with E-state index in [0.717, 1.165) is 69.0 Å². The lowest BCUT2D eigenvalue weighted by molar-refractivity contribution is 0.282. The fourth-order valence-electron chi connectivity index (χ4n) is 5.69. The average molecular weight is 565 g/mol. The van der Waals surface area contributed by atoms with Crippen LogP contribution in [0, 0.1) is 0 Å². The lowest BCUT2D eigenvalue weighted by Gasteiger charge is -2.41. The SMILES string of the molecule is CCCCCCCCC=C1N(Cc2ccc(CCC)cc2OC)CCCN1c1ccc(OC)c(OCCCCC)c1. The van der Waals surface area contributed by atoms with Crippen LogP contribution in [0.4, 0.5) is 5.69 Å². The summed E-state index contributed by atoms with van der Waals surface area (Å²) >= 11 is 0. The minimum atomic E-state index is 0.717. The third-order valence-electron chi connectivity index (χ3n) is 8.01. The minimum absolute atomic E-state index is 0.717. The zero-order chi connectivity index (χ0) is 29.3. The molecule has 1 aliphatic heterocycles. The van der Waals surface area contributed by atoms with Gasteiger partial charge in [0, 0.05) is 37.0 Å². The van der Waals surface area contributed by atoms with Gasteiger partial charge in [0.05, 0.1) is 20.8 Å². The summed E-state index contributed by atoms with van der Waals surface area (Å²) in [6, 6.07) is 13.2. The van der Waals surface area contributed by atoms with Crippen molar-refractivity contribution in [1.29, 1.82) is 0 Å². The van der Waals surface area contributed by atoms with Crippen LogP contribution in [0.15, 0.2) is 48.3 Å². The number of hydrogen-bond acceptors (Lipinski definition) is 5. The quantitative estimate of drug-likeness (QED) is 0.159. The van der Waals surface area contributed by atoms with Crippen LogP contribution in [-0.4, -0.2) is 38.8 Å². The van der Waals surface area contributed by atoms with Gasteiger partial charge in [-0.05, 0) is 61.9 Å². The Morgan fingerprint density at radius 1 is 0.732 bits per heavy atom. The van der Waals surface area contributed by atoms with Crippen LogP contribution in [0.25, 0.3) is 0 Å². The van der Waals surface area contributed by atoms with Crippen molar-refractivity contribution < 1.29 is 14.2 Å². The van der Waals surface area contributed by atoms with Crippen molar-refractivity contribution in [2.24, 2.45) is 0 Å². The first-order chi connectivity index (χ1) is 20.1. The number of benzene rings is 2. The van der Waals surface area contributed by atoms with Crippen LogP contribution >= 0.6 is 0 Å². The molecule has 0 aromatic heterocycles. The molecule has 0 saturated carbocycles. The molecule has 0 aliphatic carbocycles. The molecule has 2 aromatic carbocycles. The molecule has 0 unspecified atom stereocenters. The molecule has 5 heteroatoms. The van der Waals surface area contributed by atoms with Crippen LogP contribution in [0.2, 0.25) is 0 Å². The fourth-order valence-corrected chi connectivity index (χ4v) is 5.69. The van der Waals surface area contributed by atoms with Crippen molar-refractivity contribution in [1.82, 2.24) is 4.90 Å². The van der Waals surface area contributed by atoms with E-state index in [2.05, 4.69) is 73.0 Å². The molecule has 41 heavy (non-hydrogen) atoms. The Hall–Kier alpha value is -2.82. The van der Waals surface area contributed by atoms with E-state index >= 15 is 0 Å². The van der Waals surface area contributed by atoms with Gasteiger partial charge in [-0.2, -0.15) is 0 Å². The molecular formula is C36H56N2O3. The normalized spacial score (nSPS) is 14.5. The molecule has 1 heterocycles. The molecule has 0 atom stereocenters. The lowest BCUT2D eigenvalue weighted by Crippen LogP contribution is -2.42. The zero-order valence-corrected chi connectivity index (χ0v) is 26.7. The van der Waals surface area contributed by atoms with Gasteiger partial charge in [-0.3, -0.25) is 0 Å². The maximum atomic E-state index is 6.22. The molecule has 3 rings (SSSR count). The summed E-state index contributed by atoms with van der Waals surface area (Å²) in [4.78, 5) is 5.03. The predicted molar refractivity (Wildman–Crippen MR) is 173 cm³/mol.